The molecule has 0 amide bonds. The first-order chi connectivity index (χ1) is 21.7. The van der Waals surface area contributed by atoms with E-state index in [1.54, 1.807) is 0 Å². The third kappa shape index (κ3) is 32.1. The Morgan fingerprint density at radius 3 is 0.614 bits per heavy atom. The lowest BCUT2D eigenvalue weighted by Crippen LogP contribution is -2.42. The fraction of sp³-hybridized carbons (Fsp3) is 1.00. The Bertz CT molecular complexity index is 505. The molecule has 0 radical (unpaired) electrons. The van der Waals surface area contributed by atoms with Crippen molar-refractivity contribution in [1.29, 1.82) is 0 Å². The summed E-state index contributed by atoms with van der Waals surface area (Å²) in [6.45, 7) is 10.6. The molecule has 0 saturated carbocycles. The Morgan fingerprint density at radius 2 is 0.432 bits per heavy atom. The van der Waals surface area contributed by atoms with Gasteiger partial charge in [0.15, 0.2) is 0 Å². The highest BCUT2D eigenvalue weighted by molar-refractivity contribution is 6.67. The first-order valence-corrected chi connectivity index (χ1v) is 23.3. The molecule has 0 atom stereocenters. The number of hydrogen-bond acceptors (Lipinski definition) is 2. The van der Waals surface area contributed by atoms with Crippen molar-refractivity contribution in [1.82, 2.24) is 0 Å². The molecule has 0 aliphatic rings. The van der Waals surface area contributed by atoms with Crippen LogP contribution in [-0.4, -0.2) is 21.8 Å². The summed E-state index contributed by atoms with van der Waals surface area (Å²) in [5.74, 6) is 0. The van der Waals surface area contributed by atoms with Gasteiger partial charge in [0.2, 0.25) is 0 Å². The van der Waals surface area contributed by atoms with E-state index in [1.807, 2.05) is 0 Å². The van der Waals surface area contributed by atoms with Crippen molar-refractivity contribution in [2.75, 3.05) is 13.2 Å². The average molecular weight is 639 g/mol. The van der Waals surface area contributed by atoms with Crippen molar-refractivity contribution in [3.8, 4) is 0 Å². The van der Waals surface area contributed by atoms with E-state index in [0.717, 1.165) is 13.2 Å². The number of unbranched alkanes of at least 4 members (excludes halogenated alkanes) is 31. The van der Waals surface area contributed by atoms with E-state index in [2.05, 4.69) is 27.7 Å². The zero-order valence-corrected chi connectivity index (χ0v) is 32.5. The molecule has 0 N–H and O–H groups in total. The number of rotatable bonds is 39. The predicted molar refractivity (Wildman–Crippen MR) is 202 cm³/mol. The maximum absolute atomic E-state index is 6.44. The summed E-state index contributed by atoms with van der Waals surface area (Å²) in [7, 11) is -2.01. The molecule has 0 aliphatic heterocycles. The molecule has 0 heterocycles. The quantitative estimate of drug-likeness (QED) is 0.0492. The molecule has 0 aromatic carbocycles. The van der Waals surface area contributed by atoms with E-state index in [-0.39, 0.29) is 0 Å². The Morgan fingerprint density at radius 1 is 0.250 bits per heavy atom. The molecule has 44 heavy (non-hydrogen) atoms. The van der Waals surface area contributed by atoms with Gasteiger partial charge in [-0.25, -0.2) is 0 Å². The monoisotopic (exact) mass is 639 g/mol. The zero-order valence-electron chi connectivity index (χ0n) is 31.5. The van der Waals surface area contributed by atoms with Crippen LogP contribution < -0.4 is 0 Å². The maximum Gasteiger partial charge on any atom is 0.338 e. The highest BCUT2D eigenvalue weighted by atomic mass is 28.4. The van der Waals surface area contributed by atoms with Crippen molar-refractivity contribution in [2.45, 2.75) is 252 Å². The highest BCUT2D eigenvalue weighted by Crippen LogP contribution is 2.27. The van der Waals surface area contributed by atoms with Crippen molar-refractivity contribution in [3.63, 3.8) is 0 Å². The normalized spacial score (nSPS) is 12.0. The maximum atomic E-state index is 6.44. The largest absolute Gasteiger partial charge is 0.394 e. The van der Waals surface area contributed by atoms with Crippen LogP contribution in [0.2, 0.25) is 12.1 Å². The van der Waals surface area contributed by atoms with Gasteiger partial charge in [-0.2, -0.15) is 0 Å². The lowest BCUT2D eigenvalue weighted by atomic mass is 10.0. The Kier molecular flexibility index (Phi) is 37.7. The van der Waals surface area contributed by atoms with Gasteiger partial charge in [0.25, 0.3) is 0 Å². The van der Waals surface area contributed by atoms with Gasteiger partial charge in [0.1, 0.15) is 0 Å². The Labute approximate surface area is 281 Å². The van der Waals surface area contributed by atoms with Gasteiger partial charge < -0.3 is 8.85 Å². The van der Waals surface area contributed by atoms with Gasteiger partial charge in [-0.3, -0.25) is 0 Å². The van der Waals surface area contributed by atoms with E-state index in [1.165, 1.54) is 224 Å². The molecule has 0 rings (SSSR count). The molecule has 266 valence electrons. The van der Waals surface area contributed by atoms with Crippen LogP contribution in [0, 0.1) is 0 Å². The molecule has 0 unspecified atom stereocenters. The summed E-state index contributed by atoms with van der Waals surface area (Å²) in [5, 5.41) is 0. The van der Waals surface area contributed by atoms with Gasteiger partial charge in [0, 0.05) is 13.2 Å². The zero-order chi connectivity index (χ0) is 32.1. The van der Waals surface area contributed by atoms with E-state index in [0.29, 0.717) is 0 Å². The predicted octanol–water partition coefficient (Wildman–Crippen LogP) is 15.4. The Balaban J connectivity index is 3.71. The van der Waals surface area contributed by atoms with Gasteiger partial charge in [-0.15, -0.1) is 0 Å². The second-order valence-electron chi connectivity index (χ2n) is 14.2. The number of hydrogen-bond donors (Lipinski definition) is 0. The molecule has 2 nitrogen and oxygen atoms in total. The third-order valence-electron chi connectivity index (χ3n) is 9.89. The summed E-state index contributed by atoms with van der Waals surface area (Å²) < 4.78 is 12.9. The highest BCUT2D eigenvalue weighted by Gasteiger charge is 2.35. The molecule has 0 saturated heterocycles. The van der Waals surface area contributed by atoms with Crippen LogP contribution >= 0.6 is 0 Å². The second kappa shape index (κ2) is 37.6. The van der Waals surface area contributed by atoms with Crippen molar-refractivity contribution in [2.24, 2.45) is 0 Å². The minimum Gasteiger partial charge on any atom is -0.394 e. The smallest absolute Gasteiger partial charge is 0.338 e. The minimum atomic E-state index is -2.01. The fourth-order valence-electron chi connectivity index (χ4n) is 7.04. The van der Waals surface area contributed by atoms with Crippen LogP contribution in [0.25, 0.3) is 0 Å². The first-order valence-electron chi connectivity index (χ1n) is 21.0. The standard InChI is InChI=1S/C41H86O2Si/c1-5-9-11-13-15-17-19-21-23-25-27-29-31-33-35-37-39-41-44(42-7-3,43-8-4)40-38-36-34-32-30-28-26-24-22-20-18-16-14-12-10-6-2/h5-41H2,1-4H3. The third-order valence-corrected chi connectivity index (χ3v) is 13.7. The van der Waals surface area contributed by atoms with Crippen molar-refractivity contribution < 1.29 is 8.85 Å². The fourth-order valence-corrected chi connectivity index (χ4v) is 10.6. The summed E-state index contributed by atoms with van der Waals surface area (Å²) in [6.07, 6.45) is 47.3. The second-order valence-corrected chi connectivity index (χ2v) is 17.6. The molecule has 0 aromatic heterocycles. The molecule has 3 heteroatoms. The summed E-state index contributed by atoms with van der Waals surface area (Å²) >= 11 is 0. The van der Waals surface area contributed by atoms with Crippen LogP contribution in [0.1, 0.15) is 240 Å². The van der Waals surface area contributed by atoms with Crippen LogP contribution in [0.4, 0.5) is 0 Å². The first kappa shape index (κ1) is 44.1. The van der Waals surface area contributed by atoms with E-state index in [9.17, 15) is 0 Å². The van der Waals surface area contributed by atoms with E-state index >= 15 is 0 Å². The van der Waals surface area contributed by atoms with Crippen LogP contribution in [0.3, 0.4) is 0 Å². The molecule has 0 fully saturated rings. The van der Waals surface area contributed by atoms with E-state index < -0.39 is 8.56 Å². The van der Waals surface area contributed by atoms with Crippen LogP contribution in [-0.2, 0) is 8.85 Å². The lowest BCUT2D eigenvalue weighted by Gasteiger charge is -2.30. The van der Waals surface area contributed by atoms with E-state index in [4.69, 9.17) is 8.85 Å². The minimum absolute atomic E-state index is 0.823. The van der Waals surface area contributed by atoms with Crippen molar-refractivity contribution >= 4 is 8.56 Å². The molecule has 0 bridgehead atoms. The van der Waals surface area contributed by atoms with Gasteiger partial charge >= 0.3 is 8.56 Å². The molecular formula is C41H86O2Si. The summed E-state index contributed by atoms with van der Waals surface area (Å²) in [4.78, 5) is 0. The van der Waals surface area contributed by atoms with Gasteiger partial charge in [-0.05, 0) is 25.9 Å². The summed E-state index contributed by atoms with van der Waals surface area (Å²) in [6, 6.07) is 2.43. The Hall–Kier alpha value is 0.137. The molecular weight excluding hydrogens is 553 g/mol. The SMILES string of the molecule is CCCCCCCCCCCCCCCCCCC[Si](CCCCCCCCCCCCCCCCCC)(OCC)OCC. The molecule has 0 spiro atoms. The average Bonchev–Trinajstić information content (AvgIpc) is 3.02. The van der Waals surface area contributed by atoms with Gasteiger partial charge in [0.05, 0.1) is 0 Å². The molecule has 0 aliphatic carbocycles. The van der Waals surface area contributed by atoms with Crippen molar-refractivity contribution in [3.05, 3.63) is 0 Å². The summed E-state index contributed by atoms with van der Waals surface area (Å²) in [5.41, 5.74) is 0. The molecule has 0 aromatic rings. The van der Waals surface area contributed by atoms with Gasteiger partial charge in [-0.1, -0.05) is 226 Å². The topological polar surface area (TPSA) is 18.5 Å². The lowest BCUT2D eigenvalue weighted by molar-refractivity contribution is 0.180. The van der Waals surface area contributed by atoms with Crippen LogP contribution in [0.5, 0.6) is 0 Å². The van der Waals surface area contributed by atoms with Crippen LogP contribution in [0.15, 0.2) is 0 Å².